The van der Waals surface area contributed by atoms with Crippen LogP contribution in [-0.2, 0) is 6.42 Å². The fourth-order valence-corrected chi connectivity index (χ4v) is 2.25. The summed E-state index contributed by atoms with van der Waals surface area (Å²) in [6.07, 6.45) is 2.82. The van der Waals surface area contributed by atoms with Crippen LogP contribution in [-0.4, -0.2) is 23.8 Å². The summed E-state index contributed by atoms with van der Waals surface area (Å²) in [6, 6.07) is 8.58. The molecule has 82 valence electrons. The molecule has 2 N–H and O–H groups in total. The van der Waals surface area contributed by atoms with Gasteiger partial charge in [-0.25, -0.2) is 0 Å². The molecule has 1 aliphatic heterocycles. The summed E-state index contributed by atoms with van der Waals surface area (Å²) < 4.78 is 0. The molecule has 1 aromatic carbocycles. The molecule has 0 amide bonds. The molecule has 15 heavy (non-hydrogen) atoms. The first-order chi connectivity index (χ1) is 7.27. The third-order valence-electron chi connectivity index (χ3n) is 3.25. The van der Waals surface area contributed by atoms with Crippen LogP contribution in [0.4, 0.5) is 0 Å². The Labute approximate surface area is 91.3 Å². The van der Waals surface area contributed by atoms with Crippen molar-refractivity contribution in [2.45, 2.75) is 38.3 Å². The molecule has 2 atom stereocenters. The largest absolute Gasteiger partial charge is 0.391 e. The van der Waals surface area contributed by atoms with E-state index in [1.165, 1.54) is 17.5 Å². The second-order valence-electron chi connectivity index (χ2n) is 4.40. The molecule has 2 heteroatoms. The van der Waals surface area contributed by atoms with E-state index in [1.54, 1.807) is 0 Å². The highest BCUT2D eigenvalue weighted by molar-refractivity contribution is 5.26. The molecule has 2 rings (SSSR count). The maximum absolute atomic E-state index is 10.1. The molecular formula is C13H19NO. The van der Waals surface area contributed by atoms with E-state index >= 15 is 0 Å². The Hall–Kier alpha value is -0.860. The first-order valence-electron chi connectivity index (χ1n) is 5.73. The van der Waals surface area contributed by atoms with Gasteiger partial charge in [0.1, 0.15) is 0 Å². The lowest BCUT2D eigenvalue weighted by molar-refractivity contribution is 0.136. The van der Waals surface area contributed by atoms with Crippen LogP contribution in [0.2, 0.25) is 0 Å². The van der Waals surface area contributed by atoms with Crippen molar-refractivity contribution < 1.29 is 5.11 Å². The average Bonchev–Trinajstić information content (AvgIpc) is 2.74. The summed E-state index contributed by atoms with van der Waals surface area (Å²) in [6.45, 7) is 3.15. The summed E-state index contributed by atoms with van der Waals surface area (Å²) >= 11 is 0. The molecule has 1 heterocycles. The van der Waals surface area contributed by atoms with Crippen molar-refractivity contribution in [3.63, 3.8) is 0 Å². The molecule has 0 spiro atoms. The van der Waals surface area contributed by atoms with Crippen molar-refractivity contribution in [3.05, 3.63) is 35.4 Å². The highest BCUT2D eigenvalue weighted by atomic mass is 16.3. The number of benzene rings is 1. The van der Waals surface area contributed by atoms with Crippen LogP contribution in [0.1, 0.15) is 24.0 Å². The van der Waals surface area contributed by atoms with Gasteiger partial charge in [-0.15, -0.1) is 0 Å². The van der Waals surface area contributed by atoms with E-state index < -0.39 is 0 Å². The SMILES string of the molecule is Cc1ccccc1C[C@@H](O)[C@@H]1CCCN1. The van der Waals surface area contributed by atoms with Crippen LogP contribution < -0.4 is 5.32 Å². The van der Waals surface area contributed by atoms with Gasteiger partial charge < -0.3 is 10.4 Å². The first-order valence-corrected chi connectivity index (χ1v) is 5.73. The fraction of sp³-hybridized carbons (Fsp3) is 0.538. The Morgan fingerprint density at radius 1 is 1.47 bits per heavy atom. The van der Waals surface area contributed by atoms with Gasteiger partial charge in [-0.3, -0.25) is 0 Å². The summed E-state index contributed by atoms with van der Waals surface area (Å²) in [5.41, 5.74) is 2.54. The molecule has 0 aromatic heterocycles. The van der Waals surface area contributed by atoms with E-state index in [-0.39, 0.29) is 6.10 Å². The minimum Gasteiger partial charge on any atom is -0.391 e. The second kappa shape index (κ2) is 4.77. The van der Waals surface area contributed by atoms with Gasteiger partial charge in [0.05, 0.1) is 6.10 Å². The zero-order valence-electron chi connectivity index (χ0n) is 9.24. The van der Waals surface area contributed by atoms with E-state index in [2.05, 4.69) is 24.4 Å². The minimum atomic E-state index is -0.242. The highest BCUT2D eigenvalue weighted by Crippen LogP contribution is 2.15. The van der Waals surface area contributed by atoms with E-state index in [1.807, 2.05) is 12.1 Å². The quantitative estimate of drug-likeness (QED) is 0.786. The number of rotatable bonds is 3. The highest BCUT2D eigenvalue weighted by Gasteiger charge is 2.22. The Morgan fingerprint density at radius 3 is 2.93 bits per heavy atom. The third kappa shape index (κ3) is 2.58. The molecule has 0 saturated carbocycles. The molecule has 0 bridgehead atoms. The van der Waals surface area contributed by atoms with Gasteiger partial charge in [-0.05, 0) is 37.4 Å². The molecule has 1 aromatic rings. The van der Waals surface area contributed by atoms with Crippen LogP contribution in [0.15, 0.2) is 24.3 Å². The Bertz CT molecular complexity index is 318. The molecular weight excluding hydrogens is 186 g/mol. The van der Waals surface area contributed by atoms with Crippen LogP contribution in [0.3, 0.4) is 0 Å². The predicted octanol–water partition coefficient (Wildman–Crippen LogP) is 1.65. The van der Waals surface area contributed by atoms with Crippen LogP contribution in [0, 0.1) is 6.92 Å². The molecule has 1 saturated heterocycles. The molecule has 0 unspecified atom stereocenters. The van der Waals surface area contributed by atoms with Crippen molar-refractivity contribution in [2.24, 2.45) is 0 Å². The van der Waals surface area contributed by atoms with Gasteiger partial charge in [-0.2, -0.15) is 0 Å². The second-order valence-corrected chi connectivity index (χ2v) is 4.40. The smallest absolute Gasteiger partial charge is 0.0733 e. The molecule has 0 radical (unpaired) electrons. The summed E-state index contributed by atoms with van der Waals surface area (Å²) in [5, 5.41) is 13.4. The molecule has 1 aliphatic rings. The van der Waals surface area contributed by atoms with Crippen molar-refractivity contribution in [1.82, 2.24) is 5.32 Å². The van der Waals surface area contributed by atoms with E-state index in [4.69, 9.17) is 0 Å². The lowest BCUT2D eigenvalue weighted by atomic mass is 9.98. The molecule has 0 aliphatic carbocycles. The maximum Gasteiger partial charge on any atom is 0.0733 e. The van der Waals surface area contributed by atoms with Gasteiger partial charge in [0.2, 0.25) is 0 Å². The Balaban J connectivity index is 1.99. The Morgan fingerprint density at radius 2 is 2.27 bits per heavy atom. The first kappa shape index (κ1) is 10.7. The van der Waals surface area contributed by atoms with Gasteiger partial charge in [-0.1, -0.05) is 24.3 Å². The normalized spacial score (nSPS) is 22.9. The molecule has 1 fully saturated rings. The van der Waals surface area contributed by atoms with E-state index in [9.17, 15) is 5.11 Å². The van der Waals surface area contributed by atoms with E-state index in [0.717, 1.165) is 19.4 Å². The minimum absolute atomic E-state index is 0.242. The van der Waals surface area contributed by atoms with Crippen molar-refractivity contribution in [2.75, 3.05) is 6.54 Å². The fourth-order valence-electron chi connectivity index (χ4n) is 2.25. The number of nitrogens with one attached hydrogen (secondary N) is 1. The lowest BCUT2D eigenvalue weighted by Crippen LogP contribution is -2.36. The number of aliphatic hydroxyl groups excluding tert-OH is 1. The van der Waals surface area contributed by atoms with Crippen molar-refractivity contribution >= 4 is 0 Å². The maximum atomic E-state index is 10.1. The van der Waals surface area contributed by atoms with Crippen LogP contribution >= 0.6 is 0 Å². The predicted molar refractivity (Wildman–Crippen MR) is 61.9 cm³/mol. The number of hydrogen-bond donors (Lipinski definition) is 2. The van der Waals surface area contributed by atoms with Crippen LogP contribution in [0.5, 0.6) is 0 Å². The van der Waals surface area contributed by atoms with Crippen LogP contribution in [0.25, 0.3) is 0 Å². The van der Waals surface area contributed by atoms with Gasteiger partial charge in [0.25, 0.3) is 0 Å². The standard InChI is InChI=1S/C13H19NO/c1-10-5-2-3-6-11(10)9-13(15)12-7-4-8-14-12/h2-3,5-6,12-15H,4,7-9H2,1H3/t12-,13+/m0/s1. The zero-order chi connectivity index (χ0) is 10.7. The number of aliphatic hydroxyl groups is 1. The van der Waals surface area contributed by atoms with Gasteiger partial charge >= 0.3 is 0 Å². The van der Waals surface area contributed by atoms with Crippen molar-refractivity contribution in [1.29, 1.82) is 0 Å². The zero-order valence-corrected chi connectivity index (χ0v) is 9.24. The van der Waals surface area contributed by atoms with E-state index in [0.29, 0.717) is 6.04 Å². The summed E-state index contributed by atoms with van der Waals surface area (Å²) in [7, 11) is 0. The Kier molecular flexibility index (Phi) is 3.39. The summed E-state index contributed by atoms with van der Waals surface area (Å²) in [4.78, 5) is 0. The monoisotopic (exact) mass is 205 g/mol. The average molecular weight is 205 g/mol. The molecule has 2 nitrogen and oxygen atoms in total. The lowest BCUT2D eigenvalue weighted by Gasteiger charge is -2.19. The summed E-state index contributed by atoms with van der Waals surface area (Å²) in [5.74, 6) is 0. The number of aryl methyl sites for hydroxylation is 1. The van der Waals surface area contributed by atoms with Gasteiger partial charge in [0, 0.05) is 12.5 Å². The van der Waals surface area contributed by atoms with Crippen molar-refractivity contribution in [3.8, 4) is 0 Å². The topological polar surface area (TPSA) is 32.3 Å². The number of hydrogen-bond acceptors (Lipinski definition) is 2. The third-order valence-corrected chi connectivity index (χ3v) is 3.25. The van der Waals surface area contributed by atoms with Gasteiger partial charge in [0.15, 0.2) is 0 Å².